The summed E-state index contributed by atoms with van der Waals surface area (Å²) in [6.07, 6.45) is 0.938. The average Bonchev–Trinajstić information content (AvgIpc) is 2.52. The highest BCUT2D eigenvalue weighted by molar-refractivity contribution is 5.97. The first-order valence-corrected chi connectivity index (χ1v) is 5.27. The van der Waals surface area contributed by atoms with E-state index in [1.165, 1.54) is 0 Å². The number of carbonyl (C=O) groups is 1. The highest BCUT2D eigenvalue weighted by Gasteiger charge is 2.29. The fraction of sp³-hybridized carbons (Fsp3) is 0.417. The van der Waals surface area contributed by atoms with E-state index in [-0.39, 0.29) is 11.8 Å². The molecule has 3 heteroatoms. The lowest BCUT2D eigenvalue weighted by Gasteiger charge is -2.19. The van der Waals surface area contributed by atoms with Gasteiger partial charge in [-0.05, 0) is 31.0 Å². The van der Waals surface area contributed by atoms with Gasteiger partial charge >= 0.3 is 0 Å². The van der Waals surface area contributed by atoms with Crippen LogP contribution in [0.15, 0.2) is 18.2 Å². The minimum atomic E-state index is 0.144. The van der Waals surface area contributed by atoms with Crippen molar-refractivity contribution in [3.05, 3.63) is 23.8 Å². The van der Waals surface area contributed by atoms with Gasteiger partial charge in [-0.25, -0.2) is 0 Å². The molecule has 1 aromatic rings. The number of nitrogen functional groups attached to an aromatic ring is 1. The second-order valence-corrected chi connectivity index (χ2v) is 4.23. The van der Waals surface area contributed by atoms with Crippen LogP contribution in [-0.2, 0) is 4.79 Å². The van der Waals surface area contributed by atoms with Crippen LogP contribution in [0.2, 0.25) is 0 Å². The van der Waals surface area contributed by atoms with Crippen LogP contribution in [0.25, 0.3) is 0 Å². The molecule has 0 radical (unpaired) electrons. The van der Waals surface area contributed by atoms with Crippen LogP contribution in [-0.4, -0.2) is 12.5 Å². The van der Waals surface area contributed by atoms with Crippen molar-refractivity contribution in [1.29, 1.82) is 0 Å². The molecule has 1 atom stereocenters. The highest BCUT2D eigenvalue weighted by atomic mass is 16.2. The van der Waals surface area contributed by atoms with Crippen molar-refractivity contribution in [2.75, 3.05) is 17.2 Å². The van der Waals surface area contributed by atoms with Crippen LogP contribution in [0.4, 0.5) is 11.4 Å². The maximum atomic E-state index is 11.9. The SMILES string of the molecule is Cc1ccc(N)cc1N1CCC(C)C1=O. The fourth-order valence-corrected chi connectivity index (χ4v) is 1.98. The van der Waals surface area contributed by atoms with Gasteiger partial charge in [-0.15, -0.1) is 0 Å². The van der Waals surface area contributed by atoms with Crippen LogP contribution >= 0.6 is 0 Å². The Hall–Kier alpha value is -1.51. The molecule has 1 aliphatic heterocycles. The number of nitrogens with two attached hydrogens (primary N) is 1. The Kier molecular flexibility index (Phi) is 2.39. The number of anilines is 2. The molecule has 1 fully saturated rings. The van der Waals surface area contributed by atoms with Gasteiger partial charge in [0.15, 0.2) is 0 Å². The summed E-state index contributed by atoms with van der Waals surface area (Å²) in [5.41, 5.74) is 8.51. The third-order valence-corrected chi connectivity index (χ3v) is 3.00. The quantitative estimate of drug-likeness (QED) is 0.711. The molecule has 1 amide bonds. The summed E-state index contributed by atoms with van der Waals surface area (Å²) in [6, 6.07) is 5.70. The van der Waals surface area contributed by atoms with E-state index in [2.05, 4.69) is 0 Å². The van der Waals surface area contributed by atoms with Gasteiger partial charge in [0.05, 0.1) is 0 Å². The molecule has 1 aromatic carbocycles. The molecule has 1 heterocycles. The molecule has 1 saturated heterocycles. The van der Waals surface area contributed by atoms with Gasteiger partial charge in [0.2, 0.25) is 5.91 Å². The Balaban J connectivity index is 2.37. The van der Waals surface area contributed by atoms with E-state index in [1.807, 2.05) is 36.9 Å². The lowest BCUT2D eigenvalue weighted by Crippen LogP contribution is -2.26. The summed E-state index contributed by atoms with van der Waals surface area (Å²) in [7, 11) is 0. The average molecular weight is 204 g/mol. The van der Waals surface area contributed by atoms with Crippen molar-refractivity contribution in [2.24, 2.45) is 5.92 Å². The van der Waals surface area contributed by atoms with E-state index in [9.17, 15) is 4.79 Å². The van der Waals surface area contributed by atoms with Crippen molar-refractivity contribution < 1.29 is 4.79 Å². The number of aryl methyl sites for hydroxylation is 1. The summed E-state index contributed by atoms with van der Waals surface area (Å²) in [4.78, 5) is 13.7. The molecule has 0 bridgehead atoms. The zero-order chi connectivity index (χ0) is 11.0. The Morgan fingerprint density at radius 2 is 2.20 bits per heavy atom. The van der Waals surface area contributed by atoms with E-state index in [0.29, 0.717) is 5.69 Å². The normalized spacial score (nSPS) is 21.1. The molecule has 15 heavy (non-hydrogen) atoms. The molecule has 2 N–H and O–H groups in total. The molecule has 1 aliphatic rings. The molecular weight excluding hydrogens is 188 g/mol. The van der Waals surface area contributed by atoms with Crippen molar-refractivity contribution >= 4 is 17.3 Å². The number of benzene rings is 1. The lowest BCUT2D eigenvalue weighted by molar-refractivity contribution is -0.119. The Morgan fingerprint density at radius 3 is 2.80 bits per heavy atom. The Bertz CT molecular complexity index is 401. The zero-order valence-corrected chi connectivity index (χ0v) is 9.16. The fourth-order valence-electron chi connectivity index (χ4n) is 1.98. The predicted octanol–water partition coefficient (Wildman–Crippen LogP) is 1.95. The van der Waals surface area contributed by atoms with Crippen LogP contribution in [0, 0.1) is 12.8 Å². The van der Waals surface area contributed by atoms with Gasteiger partial charge in [0, 0.05) is 23.8 Å². The third kappa shape index (κ3) is 1.69. The van der Waals surface area contributed by atoms with Gasteiger partial charge in [-0.1, -0.05) is 13.0 Å². The smallest absolute Gasteiger partial charge is 0.229 e. The summed E-state index contributed by atoms with van der Waals surface area (Å²) >= 11 is 0. The molecule has 0 aromatic heterocycles. The monoisotopic (exact) mass is 204 g/mol. The predicted molar refractivity (Wildman–Crippen MR) is 61.7 cm³/mol. The van der Waals surface area contributed by atoms with Crippen LogP contribution < -0.4 is 10.6 Å². The molecule has 3 nitrogen and oxygen atoms in total. The van der Waals surface area contributed by atoms with Gasteiger partial charge in [0.25, 0.3) is 0 Å². The summed E-state index contributed by atoms with van der Waals surface area (Å²) in [5.74, 6) is 0.356. The first-order chi connectivity index (χ1) is 7.09. The maximum absolute atomic E-state index is 11.9. The first-order valence-electron chi connectivity index (χ1n) is 5.27. The lowest BCUT2D eigenvalue weighted by atomic mass is 10.1. The Morgan fingerprint density at radius 1 is 1.47 bits per heavy atom. The van der Waals surface area contributed by atoms with Crippen LogP contribution in [0.1, 0.15) is 18.9 Å². The minimum absolute atomic E-state index is 0.144. The zero-order valence-electron chi connectivity index (χ0n) is 9.16. The molecular formula is C12H16N2O. The second-order valence-electron chi connectivity index (χ2n) is 4.23. The molecule has 80 valence electrons. The number of hydrogen-bond donors (Lipinski definition) is 1. The van der Waals surface area contributed by atoms with Crippen molar-refractivity contribution in [1.82, 2.24) is 0 Å². The van der Waals surface area contributed by atoms with Gasteiger partial charge in [0.1, 0.15) is 0 Å². The van der Waals surface area contributed by atoms with E-state index in [4.69, 9.17) is 5.73 Å². The van der Waals surface area contributed by atoms with Crippen molar-refractivity contribution in [3.63, 3.8) is 0 Å². The van der Waals surface area contributed by atoms with E-state index in [1.54, 1.807) is 0 Å². The second kappa shape index (κ2) is 3.57. The van der Waals surface area contributed by atoms with Crippen molar-refractivity contribution in [3.8, 4) is 0 Å². The van der Waals surface area contributed by atoms with Gasteiger partial charge in [-0.2, -0.15) is 0 Å². The first kappa shape index (κ1) is 10.0. The molecule has 0 saturated carbocycles. The minimum Gasteiger partial charge on any atom is -0.399 e. The van der Waals surface area contributed by atoms with Gasteiger partial charge in [-0.3, -0.25) is 4.79 Å². The number of nitrogens with zero attached hydrogens (tertiary/aromatic N) is 1. The number of amides is 1. The molecule has 0 aliphatic carbocycles. The van der Waals surface area contributed by atoms with Crippen LogP contribution in [0.5, 0.6) is 0 Å². The summed E-state index contributed by atoms with van der Waals surface area (Å²) in [6.45, 7) is 4.79. The largest absolute Gasteiger partial charge is 0.399 e. The number of carbonyl (C=O) groups excluding carboxylic acids is 1. The molecule has 2 rings (SSSR count). The van der Waals surface area contributed by atoms with E-state index in [0.717, 1.165) is 24.2 Å². The third-order valence-electron chi connectivity index (χ3n) is 3.00. The highest BCUT2D eigenvalue weighted by Crippen LogP contribution is 2.29. The topological polar surface area (TPSA) is 46.3 Å². The van der Waals surface area contributed by atoms with E-state index < -0.39 is 0 Å². The number of rotatable bonds is 1. The summed E-state index contributed by atoms with van der Waals surface area (Å²) < 4.78 is 0. The van der Waals surface area contributed by atoms with Gasteiger partial charge < -0.3 is 10.6 Å². The molecule has 1 unspecified atom stereocenters. The maximum Gasteiger partial charge on any atom is 0.229 e. The van der Waals surface area contributed by atoms with Crippen molar-refractivity contribution in [2.45, 2.75) is 20.3 Å². The van der Waals surface area contributed by atoms with E-state index >= 15 is 0 Å². The van der Waals surface area contributed by atoms with Crippen LogP contribution in [0.3, 0.4) is 0 Å². The molecule has 0 spiro atoms. The Labute approximate surface area is 89.9 Å². The summed E-state index contributed by atoms with van der Waals surface area (Å²) in [5, 5.41) is 0. The number of hydrogen-bond acceptors (Lipinski definition) is 2. The standard InChI is InChI=1S/C12H16N2O/c1-8-3-4-10(13)7-11(8)14-6-5-9(2)12(14)15/h3-4,7,9H,5-6,13H2,1-2H3.